The van der Waals surface area contributed by atoms with Crippen molar-refractivity contribution in [3.63, 3.8) is 0 Å². The van der Waals surface area contributed by atoms with Crippen LogP contribution >= 0.6 is 45.2 Å². The molecule has 3 aliphatic heterocycles. The second kappa shape index (κ2) is 41.6. The zero-order chi connectivity index (χ0) is 89.4. The summed E-state index contributed by atoms with van der Waals surface area (Å²) in [5, 5.41) is 19.6. The number of nitro groups is 1. The Morgan fingerprint density at radius 2 is 1.04 bits per heavy atom. The van der Waals surface area contributed by atoms with Gasteiger partial charge in [0.1, 0.15) is 56.0 Å². The van der Waals surface area contributed by atoms with Crippen molar-refractivity contribution < 1.29 is 56.6 Å². The molecular formula is C86H83F2I2N15O21. The lowest BCUT2D eigenvalue weighted by molar-refractivity contribution is -0.387. The van der Waals surface area contributed by atoms with Gasteiger partial charge in [-0.15, -0.1) is 10.2 Å². The molecule has 40 heteroatoms. The van der Waals surface area contributed by atoms with Crippen LogP contribution in [-0.4, -0.2) is 163 Å². The molecule has 3 saturated heterocycles. The average molecular weight is 1950 g/mol. The molecule has 6 aromatic heterocycles. The van der Waals surface area contributed by atoms with Gasteiger partial charge < -0.3 is 38.1 Å². The van der Waals surface area contributed by atoms with Crippen molar-refractivity contribution in [2.75, 3.05) is 51.4 Å². The molecule has 5 aromatic carbocycles. The number of aryl methyl sites for hydroxylation is 1. The fourth-order valence-electron chi connectivity index (χ4n) is 15.2. The number of methoxy groups -OCH3 is 1. The average Bonchev–Trinajstić information content (AvgIpc) is 1.60. The first kappa shape index (κ1) is 90.6. The Kier molecular flexibility index (Phi) is 29.9. The van der Waals surface area contributed by atoms with E-state index >= 15 is 0 Å². The van der Waals surface area contributed by atoms with Crippen LogP contribution < -0.4 is 65.9 Å². The van der Waals surface area contributed by atoms with Crippen LogP contribution in [0.25, 0.3) is 33.5 Å². The quantitative estimate of drug-likeness (QED) is 0.0158. The minimum atomic E-state index is -1.60. The lowest BCUT2D eigenvalue weighted by Crippen LogP contribution is -2.49. The number of benzene rings is 5. The number of carbonyl (C=O) groups is 4. The van der Waals surface area contributed by atoms with Crippen LogP contribution in [0.4, 0.5) is 20.3 Å². The maximum absolute atomic E-state index is 14.4. The van der Waals surface area contributed by atoms with Gasteiger partial charge in [-0.1, -0.05) is 97.8 Å². The number of aromatic nitrogens is 12. The smallest absolute Gasteiger partial charge is 0.350 e. The standard InChI is InChI=1S/C23H19FN2O6.C22H18FN3O7.C22H24N6O4.C10H11IN2O2.C9H11IN2O2/c24-18-10-20(26-11-17(12-27)21(28)25-23(26)30)32-19(18)13-31-22(29)16-8-6-15(7-9-16)14-4-2-1-3-5-14;23-16-10-19(25-11-17(26(30)31)20(27)24-22(25)29)33-18(16)12-32-21(28)15-8-6-14(7-9-15)13-4-2-1-3-5-13;1-32-17-4-2-16(3-5-17)18-6-7-19(25-24-18)26-12-14-27(15-13-26)21(30)9-11-28-10-8-20(29)23-22(28)31;11-7-4-13(10(15)12-9(7)14)8-2-1-5-3-6(5)8;10-7-5-12(6-3-1-2-4-6)9(14)11-8(7)13/h1-9,11-12,18-20H,10,13H2,(H,25,28,30);1-9,11,16,18-19H,10,12H2,(H,24,27,29);2-8,10H,9,11-15H2,1H3,(H,23,29,31);4-6,8H,1-3H2,(H,12,14,15);5-6H,1-4H2,(H,11,13,14)/t18-,19+,20-;16-,18+,19-;;;/m00.../s1. The van der Waals surface area contributed by atoms with Gasteiger partial charge in [0.25, 0.3) is 22.2 Å². The highest BCUT2D eigenvalue weighted by molar-refractivity contribution is 14.1. The summed E-state index contributed by atoms with van der Waals surface area (Å²) in [7, 11) is 1.63. The molecule has 11 aromatic rings. The molecule has 3 unspecified atom stereocenters. The van der Waals surface area contributed by atoms with E-state index in [1.54, 1.807) is 87.1 Å². The molecule has 6 aliphatic rings. The number of aldehydes is 1. The molecule has 36 nitrogen and oxygen atoms in total. The number of fused-ring (bicyclic) bond motifs is 1. The van der Waals surface area contributed by atoms with Crippen molar-refractivity contribution in [1.29, 1.82) is 0 Å². The highest BCUT2D eigenvalue weighted by Crippen LogP contribution is 2.57. The first-order valence-electron chi connectivity index (χ1n) is 40.0. The topological polar surface area (TPSA) is 464 Å². The Bertz CT molecular complexity index is 6390. The molecule has 0 spiro atoms. The molecule has 9 atom stereocenters. The Morgan fingerprint density at radius 3 is 1.53 bits per heavy atom. The van der Waals surface area contributed by atoms with Crippen LogP contribution in [-0.2, 0) is 30.3 Å². The second-order valence-corrected chi connectivity index (χ2v) is 32.4. The van der Waals surface area contributed by atoms with Crippen LogP contribution in [0, 0.1) is 29.1 Å². The monoisotopic (exact) mass is 1950 g/mol. The van der Waals surface area contributed by atoms with Gasteiger partial charge in [0.15, 0.2) is 12.1 Å². The van der Waals surface area contributed by atoms with E-state index in [0.717, 1.165) is 85.6 Å². The molecule has 656 valence electrons. The Balaban J connectivity index is 0.000000140. The molecule has 9 heterocycles. The number of nitrogens with one attached hydrogen (secondary N) is 5. The van der Waals surface area contributed by atoms with Gasteiger partial charge in [-0.05, 0) is 172 Å². The molecule has 0 radical (unpaired) electrons. The number of esters is 2. The number of hydrogen-bond acceptors (Lipinski definition) is 24. The van der Waals surface area contributed by atoms with Crippen molar-refractivity contribution in [2.45, 2.75) is 120 Å². The first-order chi connectivity index (χ1) is 60.7. The molecule has 17 rings (SSSR count). The Hall–Kier alpha value is -13.1. The lowest BCUT2D eigenvalue weighted by Gasteiger charge is -2.35. The third-order valence-corrected chi connectivity index (χ3v) is 23.6. The van der Waals surface area contributed by atoms with E-state index in [4.69, 9.17) is 23.7 Å². The van der Waals surface area contributed by atoms with Gasteiger partial charge in [0.2, 0.25) is 5.91 Å². The van der Waals surface area contributed by atoms with Gasteiger partial charge >= 0.3 is 51.6 Å². The number of hydrogen-bond donors (Lipinski definition) is 5. The number of rotatable bonds is 20. The highest BCUT2D eigenvalue weighted by Gasteiger charge is 2.49. The molecule has 6 fully saturated rings. The van der Waals surface area contributed by atoms with E-state index in [0.29, 0.717) is 63.3 Å². The van der Waals surface area contributed by atoms with Crippen LogP contribution in [0.3, 0.4) is 0 Å². The molecule has 3 saturated carbocycles. The van der Waals surface area contributed by atoms with E-state index in [9.17, 15) is 86.0 Å². The van der Waals surface area contributed by atoms with Crippen LogP contribution in [0.5, 0.6) is 5.75 Å². The van der Waals surface area contributed by atoms with Crippen LogP contribution in [0.15, 0.2) is 231 Å². The normalized spacial score (nSPS) is 19.6. The van der Waals surface area contributed by atoms with Gasteiger partial charge in [-0.25, -0.2) is 42.3 Å². The molecule has 1 amide bonds. The number of anilines is 1. The molecule has 126 heavy (non-hydrogen) atoms. The largest absolute Gasteiger partial charge is 0.497 e. The lowest BCUT2D eigenvalue weighted by atomic mass is 10.0. The first-order valence-corrected chi connectivity index (χ1v) is 42.2. The summed E-state index contributed by atoms with van der Waals surface area (Å²) in [6.07, 6.45) is 6.88. The highest BCUT2D eigenvalue weighted by atomic mass is 127. The second-order valence-electron chi connectivity index (χ2n) is 30.1. The minimum absolute atomic E-state index is 0.0244. The summed E-state index contributed by atoms with van der Waals surface area (Å²) in [5.41, 5.74) is -0.833. The van der Waals surface area contributed by atoms with Crippen molar-refractivity contribution in [3.05, 3.63) is 321 Å². The summed E-state index contributed by atoms with van der Waals surface area (Å²) in [6.45, 7) is 1.91. The number of aromatic amines is 5. The fraction of sp³-hybridized carbons (Fsp3) is 0.326. The molecule has 3 aliphatic carbocycles. The van der Waals surface area contributed by atoms with Gasteiger partial charge in [-0.2, -0.15) is 0 Å². The van der Waals surface area contributed by atoms with Gasteiger partial charge in [0, 0.05) is 100 Å². The molecule has 5 N–H and O–H groups in total. The van der Waals surface area contributed by atoms with E-state index in [-0.39, 0.29) is 78.0 Å². The predicted molar refractivity (Wildman–Crippen MR) is 470 cm³/mol. The fourth-order valence-corrected chi connectivity index (χ4v) is 16.1. The third-order valence-electron chi connectivity index (χ3n) is 22.1. The Labute approximate surface area is 738 Å². The van der Waals surface area contributed by atoms with E-state index < -0.39 is 99.9 Å². The summed E-state index contributed by atoms with van der Waals surface area (Å²) >= 11 is 3.92. The number of ether oxygens (including phenoxy) is 5. The van der Waals surface area contributed by atoms with Gasteiger partial charge in [-0.3, -0.25) is 86.9 Å². The minimum Gasteiger partial charge on any atom is -0.497 e. The van der Waals surface area contributed by atoms with Gasteiger partial charge in [0.05, 0.1) is 47.8 Å². The molecule has 0 bridgehead atoms. The number of piperazine rings is 1. The summed E-state index contributed by atoms with van der Waals surface area (Å²) in [5.74, 6) is 1.75. The number of nitrogens with zero attached hydrogens (tertiary/aromatic N) is 10. The van der Waals surface area contributed by atoms with Crippen molar-refractivity contribution >= 4 is 80.8 Å². The molecular weight excluding hydrogens is 1870 g/mol. The summed E-state index contributed by atoms with van der Waals surface area (Å²) in [6, 6.07) is 46.2. The SMILES string of the molecule is COc1ccc(-c2ccc(N3CCN(C(=O)CCn4ccc(=O)[nH]c4=O)CC3)nn2)cc1.O=C(OC[C@H]1O[C@H](n2cc([N+](=O)[O-])c(=O)[nH]c2=O)C[C@@H]1F)c1ccc(-c2ccccc2)cc1.O=Cc1cn([C@@H]2C[C@H](F)[C@@H](COC(=O)c3ccc(-c4ccccc4)cc3)O2)c(=O)[nH]c1=O.O=c1[nH]c(=O)n(C2CCC3CC32)cc1I.O=c1[nH]c(=O)n(C2CCCC2)cc1I. The van der Waals surface area contributed by atoms with E-state index in [1.165, 1.54) is 42.5 Å². The zero-order valence-electron chi connectivity index (χ0n) is 67.2. The predicted octanol–water partition coefficient (Wildman–Crippen LogP) is 8.20. The van der Waals surface area contributed by atoms with Crippen molar-refractivity contribution in [2.24, 2.45) is 11.8 Å². The zero-order valence-corrected chi connectivity index (χ0v) is 71.6. The number of amides is 1. The summed E-state index contributed by atoms with van der Waals surface area (Å²) in [4.78, 5) is 188. The summed E-state index contributed by atoms with van der Waals surface area (Å²) < 4.78 is 63.0. The number of halogens is 4. The Morgan fingerprint density at radius 1 is 0.540 bits per heavy atom. The van der Waals surface area contributed by atoms with Crippen LogP contribution in [0.1, 0.15) is 120 Å². The van der Waals surface area contributed by atoms with E-state index in [2.05, 4.69) is 30.0 Å². The van der Waals surface area contributed by atoms with Crippen molar-refractivity contribution in [1.82, 2.24) is 62.9 Å². The maximum Gasteiger partial charge on any atom is 0.350 e. The number of carbonyl (C=O) groups excluding carboxylic acids is 4. The number of H-pyrrole nitrogens is 5. The van der Waals surface area contributed by atoms with Crippen molar-refractivity contribution in [3.8, 4) is 39.3 Å². The van der Waals surface area contributed by atoms with E-state index in [1.807, 2.05) is 147 Å². The van der Waals surface area contributed by atoms with Crippen LogP contribution in [0.2, 0.25) is 0 Å². The maximum atomic E-state index is 14.4. The third kappa shape index (κ3) is 22.7. The number of alkyl halides is 2.